The number of nitrogens with one attached hydrogen (secondary N) is 1. The average molecular weight is 581 g/mol. The molecule has 0 bridgehead atoms. The standard InChI is InChI=1S/C29H42BrNO4S/c1-16(2)21-11-23(17(3)4)27(24(12-21)18(5)6)15-28(32)31-36(33,34)35-29-25(19(7)8)13-22(30)14-26(29)20(9)10/h11-14,16-20H,15H2,1-10H3,(H,31,32). The van der Waals surface area contributed by atoms with Crippen molar-refractivity contribution < 1.29 is 17.4 Å². The maximum atomic E-state index is 13.1. The highest BCUT2D eigenvalue weighted by Gasteiger charge is 2.26. The molecule has 0 aliphatic heterocycles. The Hall–Kier alpha value is -1.86. The second-order valence-corrected chi connectivity index (χ2v) is 13.3. The Bertz CT molecular complexity index is 1140. The molecule has 0 fully saturated rings. The minimum Gasteiger partial charge on any atom is -0.366 e. The van der Waals surface area contributed by atoms with Crippen LogP contribution in [0.1, 0.15) is 132 Å². The topological polar surface area (TPSA) is 72.5 Å². The molecule has 7 heteroatoms. The van der Waals surface area contributed by atoms with Crippen LogP contribution in [0.2, 0.25) is 0 Å². The van der Waals surface area contributed by atoms with E-state index in [9.17, 15) is 13.2 Å². The van der Waals surface area contributed by atoms with Gasteiger partial charge in [0.25, 0.3) is 0 Å². The first-order valence-electron chi connectivity index (χ1n) is 12.8. The zero-order valence-corrected chi connectivity index (χ0v) is 25.7. The molecule has 36 heavy (non-hydrogen) atoms. The van der Waals surface area contributed by atoms with Crippen molar-refractivity contribution in [2.45, 2.75) is 105 Å². The molecular weight excluding hydrogens is 538 g/mol. The van der Waals surface area contributed by atoms with Gasteiger partial charge in [0.15, 0.2) is 5.75 Å². The van der Waals surface area contributed by atoms with E-state index in [1.54, 1.807) is 0 Å². The fourth-order valence-corrected chi connectivity index (χ4v) is 5.66. The molecule has 0 aromatic heterocycles. The lowest BCUT2D eigenvalue weighted by atomic mass is 9.83. The second-order valence-electron chi connectivity index (χ2n) is 11.1. The fourth-order valence-electron chi connectivity index (χ4n) is 4.37. The molecule has 0 unspecified atom stereocenters. The highest BCUT2D eigenvalue weighted by Crippen LogP contribution is 2.38. The number of carbonyl (C=O) groups excluding carboxylic acids is 1. The normalized spacial score (nSPS) is 12.3. The maximum Gasteiger partial charge on any atom is 0.409 e. The summed E-state index contributed by atoms with van der Waals surface area (Å²) in [6.07, 6.45) is -0.0313. The maximum absolute atomic E-state index is 13.1. The molecule has 2 aromatic rings. The molecule has 0 atom stereocenters. The molecular formula is C29H42BrNO4S. The van der Waals surface area contributed by atoms with Crippen molar-refractivity contribution >= 4 is 32.1 Å². The van der Waals surface area contributed by atoms with Crippen LogP contribution in [0, 0.1) is 0 Å². The van der Waals surface area contributed by atoms with Gasteiger partial charge in [0.05, 0.1) is 6.42 Å². The van der Waals surface area contributed by atoms with Crippen molar-refractivity contribution in [1.29, 1.82) is 0 Å². The van der Waals surface area contributed by atoms with Crippen molar-refractivity contribution in [1.82, 2.24) is 4.72 Å². The number of halogens is 1. The van der Waals surface area contributed by atoms with Gasteiger partial charge in [-0.3, -0.25) is 4.79 Å². The summed E-state index contributed by atoms with van der Waals surface area (Å²) in [4.78, 5) is 13.1. The first kappa shape index (κ1) is 30.4. The van der Waals surface area contributed by atoms with Gasteiger partial charge >= 0.3 is 10.3 Å². The Labute approximate surface area is 226 Å². The molecule has 0 saturated carbocycles. The van der Waals surface area contributed by atoms with E-state index >= 15 is 0 Å². The van der Waals surface area contributed by atoms with Crippen molar-refractivity contribution in [3.63, 3.8) is 0 Å². The zero-order chi connectivity index (χ0) is 27.5. The molecule has 5 nitrogen and oxygen atoms in total. The van der Waals surface area contributed by atoms with Crippen molar-refractivity contribution in [3.05, 3.63) is 62.1 Å². The molecule has 2 aromatic carbocycles. The van der Waals surface area contributed by atoms with E-state index in [-0.39, 0.29) is 35.8 Å². The SMILES string of the molecule is CC(C)c1cc(C(C)C)c(CC(=O)NS(=O)(=O)Oc2c(C(C)C)cc(Br)cc2C(C)C)c(C(C)C)c1. The van der Waals surface area contributed by atoms with Crippen LogP contribution in [0.25, 0.3) is 0 Å². The van der Waals surface area contributed by atoms with Crippen LogP contribution in [0.4, 0.5) is 0 Å². The van der Waals surface area contributed by atoms with Crippen LogP contribution in [0.3, 0.4) is 0 Å². The molecule has 0 spiro atoms. The molecule has 2 rings (SSSR count). The van der Waals surface area contributed by atoms with E-state index in [4.69, 9.17) is 4.18 Å². The highest BCUT2D eigenvalue weighted by atomic mass is 79.9. The van der Waals surface area contributed by atoms with Crippen LogP contribution < -0.4 is 8.91 Å². The van der Waals surface area contributed by atoms with E-state index < -0.39 is 16.2 Å². The summed E-state index contributed by atoms with van der Waals surface area (Å²) >= 11 is 3.52. The number of rotatable bonds is 10. The smallest absolute Gasteiger partial charge is 0.366 e. The minimum absolute atomic E-state index is 0.0302. The second kappa shape index (κ2) is 12.1. The van der Waals surface area contributed by atoms with E-state index in [0.717, 1.165) is 32.3 Å². The van der Waals surface area contributed by atoms with Gasteiger partial charge in [-0.1, -0.05) is 97.3 Å². The quantitative estimate of drug-likeness (QED) is 0.309. The first-order chi connectivity index (χ1) is 16.5. The molecule has 1 N–H and O–H groups in total. The monoisotopic (exact) mass is 579 g/mol. The van der Waals surface area contributed by atoms with Crippen LogP contribution in [0.5, 0.6) is 5.75 Å². The summed E-state index contributed by atoms with van der Waals surface area (Å²) in [6.45, 7) is 20.6. The molecule has 0 saturated heterocycles. The fraction of sp³-hybridized carbons (Fsp3) is 0.552. The van der Waals surface area contributed by atoms with Crippen LogP contribution in [-0.4, -0.2) is 14.3 Å². The van der Waals surface area contributed by atoms with E-state index in [2.05, 4.69) is 74.3 Å². The number of carbonyl (C=O) groups is 1. The Morgan fingerprint density at radius 2 is 1.17 bits per heavy atom. The lowest BCUT2D eigenvalue weighted by Gasteiger charge is -2.23. The molecule has 1 amide bonds. The van der Waals surface area contributed by atoms with Crippen molar-refractivity contribution in [3.8, 4) is 5.75 Å². The summed E-state index contributed by atoms with van der Waals surface area (Å²) in [5.41, 5.74) is 5.80. The molecule has 0 aliphatic rings. The molecule has 0 radical (unpaired) electrons. The van der Waals surface area contributed by atoms with Crippen molar-refractivity contribution in [2.75, 3.05) is 0 Å². The predicted molar refractivity (Wildman–Crippen MR) is 152 cm³/mol. The third-order valence-corrected chi connectivity index (χ3v) is 7.70. The van der Waals surface area contributed by atoms with E-state index in [0.29, 0.717) is 5.92 Å². The highest BCUT2D eigenvalue weighted by molar-refractivity contribution is 9.10. The van der Waals surface area contributed by atoms with Crippen molar-refractivity contribution in [2.24, 2.45) is 0 Å². The molecule has 200 valence electrons. The number of hydrogen-bond acceptors (Lipinski definition) is 4. The summed E-state index contributed by atoms with van der Waals surface area (Å²) < 4.78 is 34.7. The third-order valence-electron chi connectivity index (χ3n) is 6.38. The predicted octanol–water partition coefficient (Wildman–Crippen LogP) is 8.05. The van der Waals surface area contributed by atoms with Gasteiger partial charge in [-0.05, 0) is 75.1 Å². The van der Waals surface area contributed by atoms with Gasteiger partial charge in [-0.25, -0.2) is 4.72 Å². The first-order valence-corrected chi connectivity index (χ1v) is 15.0. The van der Waals surface area contributed by atoms with Gasteiger partial charge in [-0.15, -0.1) is 0 Å². The zero-order valence-electron chi connectivity index (χ0n) is 23.3. The van der Waals surface area contributed by atoms with E-state index in [1.165, 1.54) is 5.56 Å². The summed E-state index contributed by atoms with van der Waals surface area (Å²) in [6, 6.07) is 8.04. The number of hydrogen-bond donors (Lipinski definition) is 1. The summed E-state index contributed by atoms with van der Waals surface area (Å²) in [5, 5.41) is 0. The summed E-state index contributed by atoms with van der Waals surface area (Å²) in [5.74, 6) is 0.489. The van der Waals surface area contributed by atoms with Crippen LogP contribution in [-0.2, 0) is 21.5 Å². The Morgan fingerprint density at radius 1 is 0.750 bits per heavy atom. The minimum atomic E-state index is -4.38. The van der Waals surface area contributed by atoms with Crippen LogP contribution in [0.15, 0.2) is 28.7 Å². The number of amides is 1. The lowest BCUT2D eigenvalue weighted by molar-refractivity contribution is -0.118. The molecule has 0 aliphatic carbocycles. The average Bonchev–Trinajstić information content (AvgIpc) is 2.73. The lowest BCUT2D eigenvalue weighted by Crippen LogP contribution is -2.36. The van der Waals surface area contributed by atoms with E-state index in [1.807, 2.05) is 39.8 Å². The van der Waals surface area contributed by atoms with Crippen LogP contribution >= 0.6 is 15.9 Å². The van der Waals surface area contributed by atoms with Gasteiger partial charge in [0, 0.05) is 4.47 Å². The van der Waals surface area contributed by atoms with Gasteiger partial charge in [0.1, 0.15) is 0 Å². The van der Waals surface area contributed by atoms with Gasteiger partial charge in [0.2, 0.25) is 5.91 Å². The third kappa shape index (κ3) is 7.58. The Kier molecular flexibility index (Phi) is 10.2. The van der Waals surface area contributed by atoms with Gasteiger partial charge in [-0.2, -0.15) is 8.42 Å². The molecule has 0 heterocycles. The largest absolute Gasteiger partial charge is 0.409 e. The Morgan fingerprint density at radius 3 is 1.53 bits per heavy atom. The van der Waals surface area contributed by atoms with Gasteiger partial charge < -0.3 is 4.18 Å². The number of benzene rings is 2. The summed E-state index contributed by atoms with van der Waals surface area (Å²) in [7, 11) is -4.38. The Balaban J connectivity index is 2.43.